The van der Waals surface area contributed by atoms with E-state index < -0.39 is 11.9 Å². The van der Waals surface area contributed by atoms with Crippen molar-refractivity contribution < 1.29 is 14.0 Å². The van der Waals surface area contributed by atoms with Gasteiger partial charge in [0.05, 0.1) is 5.75 Å². The van der Waals surface area contributed by atoms with Crippen LogP contribution in [0.5, 0.6) is 0 Å². The lowest BCUT2D eigenvalue weighted by Crippen LogP contribution is -2.50. The Bertz CT molecular complexity index is 954. The summed E-state index contributed by atoms with van der Waals surface area (Å²) in [5.74, 6) is -0.293. The summed E-state index contributed by atoms with van der Waals surface area (Å²) in [6, 6.07) is 8.87. The van der Waals surface area contributed by atoms with Gasteiger partial charge in [0.2, 0.25) is 11.8 Å². The molecule has 2 rings (SSSR count). The van der Waals surface area contributed by atoms with E-state index >= 15 is 0 Å². The van der Waals surface area contributed by atoms with Crippen LogP contribution >= 0.6 is 46.6 Å². The average molecular weight is 534 g/mol. The molecule has 0 aromatic heterocycles. The molecule has 2 aromatic carbocycles. The molecule has 0 spiro atoms. The average Bonchev–Trinajstić information content (AvgIpc) is 2.75. The number of benzene rings is 2. The lowest BCUT2D eigenvalue weighted by Gasteiger charge is -2.31. The Labute approximate surface area is 214 Å². The van der Waals surface area contributed by atoms with Crippen molar-refractivity contribution in [1.82, 2.24) is 10.2 Å². The number of carbonyl (C=O) groups is 2. The van der Waals surface area contributed by atoms with Crippen LogP contribution in [-0.2, 0) is 21.9 Å². The number of amides is 2. The second-order valence-corrected chi connectivity index (χ2v) is 10.2. The maximum Gasteiger partial charge on any atom is 0.242 e. The highest BCUT2D eigenvalue weighted by Crippen LogP contribution is 2.26. The first kappa shape index (κ1) is 27.8. The minimum atomic E-state index is -0.666. The van der Waals surface area contributed by atoms with E-state index in [-0.39, 0.29) is 35.8 Å². The van der Waals surface area contributed by atoms with Crippen LogP contribution in [0.3, 0.4) is 0 Å². The second kappa shape index (κ2) is 13.4. The first-order valence-corrected chi connectivity index (χ1v) is 12.9. The molecule has 0 fully saturated rings. The number of nitrogens with zero attached hydrogens (tertiary/aromatic N) is 1. The number of halogens is 4. The summed E-state index contributed by atoms with van der Waals surface area (Å²) in [6.45, 7) is 6.53. The number of nitrogens with one attached hydrogen (secondary N) is 1. The highest BCUT2D eigenvalue weighted by molar-refractivity contribution is 7.99. The number of carbonyl (C=O) groups excluding carboxylic acids is 2. The number of hydrogen-bond donors (Lipinski definition) is 1. The predicted molar refractivity (Wildman–Crippen MR) is 137 cm³/mol. The first-order chi connectivity index (χ1) is 15.6. The minimum Gasteiger partial charge on any atom is -0.354 e. The molecule has 0 unspecified atom stereocenters. The molecular formula is C24H28Cl3FN2O2S. The highest BCUT2D eigenvalue weighted by Gasteiger charge is 2.29. The molecule has 2 amide bonds. The van der Waals surface area contributed by atoms with E-state index in [0.717, 1.165) is 0 Å². The van der Waals surface area contributed by atoms with E-state index in [9.17, 15) is 14.0 Å². The lowest BCUT2D eigenvalue weighted by atomic mass is 10.1. The Morgan fingerprint density at radius 1 is 1.12 bits per heavy atom. The van der Waals surface area contributed by atoms with Gasteiger partial charge >= 0.3 is 0 Å². The molecule has 180 valence electrons. The Balaban J connectivity index is 2.20. The van der Waals surface area contributed by atoms with Crippen LogP contribution in [0.25, 0.3) is 0 Å². The Morgan fingerprint density at radius 3 is 2.45 bits per heavy atom. The molecule has 0 aliphatic carbocycles. The fourth-order valence-electron chi connectivity index (χ4n) is 3.17. The van der Waals surface area contributed by atoms with Gasteiger partial charge in [-0.1, -0.05) is 67.7 Å². The Morgan fingerprint density at radius 2 is 1.85 bits per heavy atom. The van der Waals surface area contributed by atoms with Crippen molar-refractivity contribution in [3.63, 3.8) is 0 Å². The zero-order chi connectivity index (χ0) is 24.5. The number of rotatable bonds is 11. The molecule has 0 aliphatic heterocycles. The quantitative estimate of drug-likeness (QED) is 0.354. The van der Waals surface area contributed by atoms with Crippen LogP contribution in [0.15, 0.2) is 36.4 Å². The Kier molecular flexibility index (Phi) is 11.3. The van der Waals surface area contributed by atoms with Crippen molar-refractivity contribution in [1.29, 1.82) is 0 Å². The maximum absolute atomic E-state index is 14.1. The van der Waals surface area contributed by atoms with Gasteiger partial charge in [-0.15, -0.1) is 11.8 Å². The third kappa shape index (κ3) is 8.36. The summed E-state index contributed by atoms with van der Waals surface area (Å²) in [7, 11) is 0. The number of thioether (sulfide) groups is 1. The van der Waals surface area contributed by atoms with Gasteiger partial charge in [0.1, 0.15) is 11.9 Å². The molecular weight excluding hydrogens is 506 g/mol. The van der Waals surface area contributed by atoms with Crippen molar-refractivity contribution in [2.45, 2.75) is 45.5 Å². The highest BCUT2D eigenvalue weighted by atomic mass is 35.5. The molecule has 1 N–H and O–H groups in total. The fourth-order valence-corrected chi connectivity index (χ4v) is 4.89. The smallest absolute Gasteiger partial charge is 0.242 e. The van der Waals surface area contributed by atoms with Crippen LogP contribution in [0.4, 0.5) is 4.39 Å². The van der Waals surface area contributed by atoms with E-state index in [1.54, 1.807) is 24.3 Å². The maximum atomic E-state index is 14.1. The largest absolute Gasteiger partial charge is 0.354 e. The van der Waals surface area contributed by atoms with Crippen molar-refractivity contribution in [2.24, 2.45) is 5.92 Å². The molecule has 0 bridgehead atoms. The normalized spacial score (nSPS) is 12.0. The van der Waals surface area contributed by atoms with Crippen molar-refractivity contribution in [2.75, 3.05) is 12.3 Å². The molecule has 0 radical (unpaired) electrons. The van der Waals surface area contributed by atoms with Crippen LogP contribution in [0.1, 0.15) is 38.3 Å². The predicted octanol–water partition coefficient (Wildman–Crippen LogP) is 6.60. The molecule has 0 saturated heterocycles. The molecule has 9 heteroatoms. The topological polar surface area (TPSA) is 49.4 Å². The summed E-state index contributed by atoms with van der Waals surface area (Å²) in [4.78, 5) is 27.7. The molecule has 2 aromatic rings. The monoisotopic (exact) mass is 532 g/mol. The molecule has 0 saturated carbocycles. The lowest BCUT2D eigenvalue weighted by molar-refractivity contribution is -0.139. The molecule has 0 heterocycles. The molecule has 0 aliphatic rings. The van der Waals surface area contributed by atoms with Crippen LogP contribution in [-0.4, -0.2) is 35.1 Å². The molecule has 33 heavy (non-hydrogen) atoms. The first-order valence-electron chi connectivity index (χ1n) is 10.7. The van der Waals surface area contributed by atoms with Gasteiger partial charge in [0.25, 0.3) is 0 Å². The Hall–Kier alpha value is -1.47. The van der Waals surface area contributed by atoms with Crippen LogP contribution in [0.2, 0.25) is 15.1 Å². The van der Waals surface area contributed by atoms with Gasteiger partial charge in [-0.05, 0) is 42.2 Å². The molecule has 4 nitrogen and oxygen atoms in total. The van der Waals surface area contributed by atoms with Crippen molar-refractivity contribution in [3.05, 3.63) is 68.4 Å². The van der Waals surface area contributed by atoms with Gasteiger partial charge < -0.3 is 10.2 Å². The van der Waals surface area contributed by atoms with E-state index in [4.69, 9.17) is 34.8 Å². The summed E-state index contributed by atoms with van der Waals surface area (Å²) < 4.78 is 14.1. The summed E-state index contributed by atoms with van der Waals surface area (Å²) in [6.07, 6.45) is 0.435. The minimum absolute atomic E-state index is 0.0594. The van der Waals surface area contributed by atoms with Gasteiger partial charge in [-0.25, -0.2) is 4.39 Å². The van der Waals surface area contributed by atoms with Crippen LogP contribution in [0, 0.1) is 11.7 Å². The van der Waals surface area contributed by atoms with E-state index in [1.807, 2.05) is 20.8 Å². The summed E-state index contributed by atoms with van der Waals surface area (Å²) in [5.41, 5.74) is 1.04. The molecule has 1 atom stereocenters. The van der Waals surface area contributed by atoms with E-state index in [0.29, 0.717) is 39.2 Å². The van der Waals surface area contributed by atoms with Gasteiger partial charge in [-0.2, -0.15) is 0 Å². The van der Waals surface area contributed by atoms with Gasteiger partial charge in [0, 0.05) is 39.5 Å². The summed E-state index contributed by atoms with van der Waals surface area (Å²) >= 11 is 19.7. The zero-order valence-electron chi connectivity index (χ0n) is 18.8. The zero-order valence-corrected chi connectivity index (χ0v) is 21.9. The summed E-state index contributed by atoms with van der Waals surface area (Å²) in [5, 5.41) is 4.14. The third-order valence-corrected chi connectivity index (χ3v) is 6.84. The van der Waals surface area contributed by atoms with Gasteiger partial charge in [0.15, 0.2) is 0 Å². The van der Waals surface area contributed by atoms with E-state index in [2.05, 4.69) is 5.32 Å². The SMILES string of the molecule is CC[C@H](C(=O)NCC(C)C)N(Cc1ccc(Cl)cc1Cl)C(=O)CSCc1c(F)cccc1Cl. The number of hydrogen-bond acceptors (Lipinski definition) is 3. The van der Waals surface area contributed by atoms with E-state index in [1.165, 1.54) is 28.8 Å². The van der Waals surface area contributed by atoms with Crippen molar-refractivity contribution in [3.8, 4) is 0 Å². The third-order valence-electron chi connectivity index (χ3n) is 4.96. The van der Waals surface area contributed by atoms with Crippen molar-refractivity contribution >= 4 is 58.4 Å². The van der Waals surface area contributed by atoms with Crippen LogP contribution < -0.4 is 5.32 Å². The standard InChI is InChI=1S/C24H28Cl3FN2O2S/c1-4-22(24(32)29-11-15(2)3)30(12-16-8-9-17(25)10-20(16)27)23(31)14-33-13-18-19(26)6-5-7-21(18)28/h5-10,15,22H,4,11-14H2,1-3H3,(H,29,32)/t22-/m1/s1. The van der Waals surface area contributed by atoms with Gasteiger partial charge in [-0.3, -0.25) is 9.59 Å². The second-order valence-electron chi connectivity index (χ2n) is 8.01. The fraction of sp³-hybridized carbons (Fsp3) is 0.417.